The Morgan fingerprint density at radius 1 is 1.50 bits per heavy atom. The molecule has 1 N–H and O–H groups in total. The summed E-state index contributed by atoms with van der Waals surface area (Å²) < 4.78 is 26.5. The van der Waals surface area contributed by atoms with Crippen LogP contribution in [0, 0.1) is 0 Å². The average molecular weight is 270 g/mol. The zero-order chi connectivity index (χ0) is 13.2. The van der Waals surface area contributed by atoms with Crippen LogP contribution in [0.2, 0.25) is 0 Å². The Bertz CT molecular complexity index is 491. The van der Waals surface area contributed by atoms with Crippen molar-refractivity contribution >= 4 is 10.0 Å². The van der Waals surface area contributed by atoms with Gasteiger partial charge >= 0.3 is 0 Å². The molecule has 1 fully saturated rings. The first kappa shape index (κ1) is 13.4. The largest absolute Gasteiger partial charge is 0.312 e. The lowest BCUT2D eigenvalue weighted by atomic mass is 10.3. The van der Waals surface area contributed by atoms with Crippen molar-refractivity contribution in [3.63, 3.8) is 0 Å². The maximum Gasteiger partial charge on any atom is 0.222 e. The minimum absolute atomic E-state index is 0.183. The summed E-state index contributed by atoms with van der Waals surface area (Å²) in [6.45, 7) is 5.35. The van der Waals surface area contributed by atoms with Gasteiger partial charge in [-0.05, 0) is 13.8 Å². The van der Waals surface area contributed by atoms with Gasteiger partial charge in [0.1, 0.15) is 5.25 Å². The molecule has 6 nitrogen and oxygen atoms in total. The maximum absolute atomic E-state index is 12.5. The second-order valence-electron chi connectivity index (χ2n) is 4.53. The summed E-state index contributed by atoms with van der Waals surface area (Å²) in [7, 11) is -3.36. The summed E-state index contributed by atoms with van der Waals surface area (Å²) in [5.74, 6) is 0. The van der Waals surface area contributed by atoms with Gasteiger partial charge < -0.3 is 5.32 Å². The van der Waals surface area contributed by atoms with Gasteiger partial charge in [0.15, 0.2) is 0 Å². The van der Waals surface area contributed by atoms with Crippen molar-refractivity contribution in [1.82, 2.24) is 19.6 Å². The Morgan fingerprint density at radius 2 is 2.28 bits per heavy atom. The molecule has 1 saturated heterocycles. The van der Waals surface area contributed by atoms with Crippen molar-refractivity contribution in [3.05, 3.63) is 24.3 Å². The molecule has 0 aliphatic carbocycles. The summed E-state index contributed by atoms with van der Waals surface area (Å²) in [4.78, 5) is 8.00. The molecule has 0 amide bonds. The van der Waals surface area contributed by atoms with Crippen molar-refractivity contribution in [2.24, 2.45) is 0 Å². The van der Waals surface area contributed by atoms with Crippen LogP contribution in [0.5, 0.6) is 0 Å². The Hall–Kier alpha value is -1.05. The lowest BCUT2D eigenvalue weighted by Crippen LogP contribution is -2.52. The first-order chi connectivity index (χ1) is 8.51. The van der Waals surface area contributed by atoms with Crippen LogP contribution in [0.3, 0.4) is 0 Å². The molecule has 1 aliphatic rings. The average Bonchev–Trinajstić information content (AvgIpc) is 2.39. The van der Waals surface area contributed by atoms with Crippen LogP contribution in [-0.4, -0.2) is 48.4 Å². The number of hydrogen-bond donors (Lipinski definition) is 1. The molecule has 100 valence electrons. The van der Waals surface area contributed by atoms with E-state index < -0.39 is 15.3 Å². The fraction of sp³-hybridized carbons (Fsp3) is 0.636. The van der Waals surface area contributed by atoms with E-state index >= 15 is 0 Å². The van der Waals surface area contributed by atoms with Crippen LogP contribution < -0.4 is 5.32 Å². The number of nitrogens with zero attached hydrogens (tertiary/aromatic N) is 3. The topological polar surface area (TPSA) is 75.2 Å². The predicted octanol–water partition coefficient (Wildman–Crippen LogP) is 0.161. The van der Waals surface area contributed by atoms with Gasteiger partial charge in [-0.25, -0.2) is 8.42 Å². The predicted molar refractivity (Wildman–Crippen MR) is 68.4 cm³/mol. The summed E-state index contributed by atoms with van der Waals surface area (Å²) in [5, 5.41) is 2.57. The minimum atomic E-state index is -3.36. The molecular weight excluding hydrogens is 252 g/mol. The molecule has 18 heavy (non-hydrogen) atoms. The quantitative estimate of drug-likeness (QED) is 0.847. The van der Waals surface area contributed by atoms with Crippen molar-refractivity contribution in [3.8, 4) is 0 Å². The molecule has 0 unspecified atom stereocenters. The van der Waals surface area contributed by atoms with E-state index in [1.807, 2.05) is 6.92 Å². The fourth-order valence-corrected chi connectivity index (χ4v) is 3.68. The summed E-state index contributed by atoms with van der Waals surface area (Å²) in [6.07, 6.45) is 4.56. The summed E-state index contributed by atoms with van der Waals surface area (Å²) in [5.41, 5.74) is 0.490. The van der Waals surface area contributed by atoms with Gasteiger partial charge in [-0.2, -0.15) is 4.31 Å². The van der Waals surface area contributed by atoms with Gasteiger partial charge in [-0.1, -0.05) is 0 Å². The first-order valence-corrected chi connectivity index (χ1v) is 7.50. The molecule has 0 radical (unpaired) electrons. The fourth-order valence-electron chi connectivity index (χ4n) is 2.02. The van der Waals surface area contributed by atoms with Crippen LogP contribution in [-0.2, 0) is 10.0 Å². The lowest BCUT2D eigenvalue weighted by molar-refractivity contribution is 0.307. The second-order valence-corrected chi connectivity index (χ2v) is 6.78. The van der Waals surface area contributed by atoms with E-state index in [1.54, 1.807) is 6.92 Å². The highest BCUT2D eigenvalue weighted by Crippen LogP contribution is 2.23. The molecule has 1 aromatic rings. The van der Waals surface area contributed by atoms with Gasteiger partial charge in [0.05, 0.1) is 5.69 Å². The molecule has 1 aromatic heterocycles. The highest BCUT2D eigenvalue weighted by Gasteiger charge is 2.33. The lowest BCUT2D eigenvalue weighted by Gasteiger charge is -2.32. The third-order valence-corrected chi connectivity index (χ3v) is 5.32. The van der Waals surface area contributed by atoms with Crippen LogP contribution in [0.4, 0.5) is 0 Å². The number of aromatic nitrogens is 2. The van der Waals surface area contributed by atoms with E-state index in [2.05, 4.69) is 15.3 Å². The summed E-state index contributed by atoms with van der Waals surface area (Å²) in [6, 6.07) is 0.183. The van der Waals surface area contributed by atoms with Crippen LogP contribution in [0.1, 0.15) is 24.8 Å². The van der Waals surface area contributed by atoms with Crippen molar-refractivity contribution in [2.45, 2.75) is 25.1 Å². The Morgan fingerprint density at radius 3 is 2.89 bits per heavy atom. The normalized spacial score (nSPS) is 23.8. The molecule has 0 spiro atoms. The molecule has 0 saturated carbocycles. The zero-order valence-corrected chi connectivity index (χ0v) is 11.4. The number of hydrogen-bond acceptors (Lipinski definition) is 5. The number of piperazine rings is 1. The highest BCUT2D eigenvalue weighted by molar-refractivity contribution is 7.89. The molecule has 0 bridgehead atoms. The summed E-state index contributed by atoms with van der Waals surface area (Å²) >= 11 is 0. The van der Waals surface area contributed by atoms with E-state index in [-0.39, 0.29) is 6.04 Å². The van der Waals surface area contributed by atoms with Crippen molar-refractivity contribution in [2.75, 3.05) is 19.6 Å². The SMILES string of the molecule is C[C@@H]1CN(S(=O)(=O)[C@@H](C)c2cnccn2)CCN1. The molecular formula is C11H18N4O2S. The minimum Gasteiger partial charge on any atom is -0.312 e. The standard InChI is InChI=1S/C11H18N4O2S/c1-9-8-15(6-5-13-9)18(16,17)10(2)11-7-12-3-4-14-11/h3-4,7,9-10,13H,5-6,8H2,1-2H3/t9-,10+/m1/s1. The third-order valence-electron chi connectivity index (χ3n) is 3.14. The Kier molecular flexibility index (Phi) is 3.94. The smallest absolute Gasteiger partial charge is 0.222 e. The van der Waals surface area contributed by atoms with E-state index in [4.69, 9.17) is 0 Å². The van der Waals surface area contributed by atoms with Gasteiger partial charge in [-0.3, -0.25) is 9.97 Å². The van der Waals surface area contributed by atoms with Crippen LogP contribution >= 0.6 is 0 Å². The molecule has 0 aromatic carbocycles. The van der Waals surface area contributed by atoms with Crippen LogP contribution in [0.15, 0.2) is 18.6 Å². The van der Waals surface area contributed by atoms with Gasteiger partial charge in [-0.15, -0.1) is 0 Å². The maximum atomic E-state index is 12.5. The zero-order valence-electron chi connectivity index (χ0n) is 10.6. The monoisotopic (exact) mass is 270 g/mol. The number of nitrogens with one attached hydrogen (secondary N) is 1. The van der Waals surface area contributed by atoms with Gasteiger partial charge in [0, 0.05) is 44.3 Å². The third kappa shape index (κ3) is 2.68. The van der Waals surface area contributed by atoms with E-state index in [9.17, 15) is 8.42 Å². The van der Waals surface area contributed by atoms with E-state index in [0.29, 0.717) is 25.3 Å². The Balaban J connectivity index is 2.20. The van der Waals surface area contributed by atoms with Crippen molar-refractivity contribution < 1.29 is 8.42 Å². The van der Waals surface area contributed by atoms with E-state index in [1.165, 1.54) is 22.9 Å². The Labute approximate surface area is 107 Å². The second kappa shape index (κ2) is 5.29. The molecule has 1 aliphatic heterocycles. The molecule has 2 heterocycles. The van der Waals surface area contributed by atoms with Gasteiger partial charge in [0.2, 0.25) is 10.0 Å². The first-order valence-electron chi connectivity index (χ1n) is 6.00. The van der Waals surface area contributed by atoms with Crippen molar-refractivity contribution in [1.29, 1.82) is 0 Å². The highest BCUT2D eigenvalue weighted by atomic mass is 32.2. The molecule has 7 heteroatoms. The molecule has 2 atom stereocenters. The van der Waals surface area contributed by atoms with Crippen LogP contribution in [0.25, 0.3) is 0 Å². The molecule has 2 rings (SSSR count). The number of rotatable bonds is 3. The van der Waals surface area contributed by atoms with E-state index in [0.717, 1.165) is 0 Å². The van der Waals surface area contributed by atoms with Gasteiger partial charge in [0.25, 0.3) is 0 Å². The number of sulfonamides is 1.